The first-order chi connectivity index (χ1) is 13.2. The number of ketones is 1. The van der Waals surface area contributed by atoms with Crippen molar-refractivity contribution in [3.63, 3.8) is 0 Å². The normalized spacial score (nSPS) is 17.1. The fourth-order valence-electron chi connectivity index (χ4n) is 3.54. The summed E-state index contributed by atoms with van der Waals surface area (Å²) in [6.45, 7) is 2.85. The minimum absolute atomic E-state index is 0.0817. The summed E-state index contributed by atoms with van der Waals surface area (Å²) in [7, 11) is 0. The molecule has 4 heteroatoms. The van der Waals surface area contributed by atoms with Crippen LogP contribution in [-0.4, -0.2) is 29.1 Å². The number of hydrogen-bond acceptors (Lipinski definition) is 3. The Labute approximate surface area is 164 Å². The molecule has 0 aliphatic carbocycles. The van der Waals surface area contributed by atoms with Gasteiger partial charge in [0.2, 0.25) is 0 Å². The molecule has 1 unspecified atom stereocenters. The van der Waals surface area contributed by atoms with E-state index in [4.69, 9.17) is 0 Å². The van der Waals surface area contributed by atoms with Gasteiger partial charge < -0.3 is 10.3 Å². The van der Waals surface area contributed by atoms with Gasteiger partial charge in [0, 0.05) is 29.4 Å². The minimum Gasteiger partial charge on any atom is -0.361 e. The molecule has 0 amide bonds. The van der Waals surface area contributed by atoms with E-state index in [1.807, 2.05) is 6.07 Å². The van der Waals surface area contributed by atoms with Crippen LogP contribution >= 0.6 is 11.8 Å². The van der Waals surface area contributed by atoms with E-state index in [9.17, 15) is 4.79 Å². The number of para-hydroxylation sites is 1. The van der Waals surface area contributed by atoms with Crippen LogP contribution in [0, 0.1) is 6.92 Å². The van der Waals surface area contributed by atoms with Gasteiger partial charge in [-0.2, -0.15) is 0 Å². The lowest BCUT2D eigenvalue weighted by Crippen LogP contribution is -2.40. The molecule has 0 spiro atoms. The molecule has 3 nitrogen and oxygen atoms in total. The highest BCUT2D eigenvalue weighted by molar-refractivity contribution is 7.99. The van der Waals surface area contributed by atoms with E-state index < -0.39 is 0 Å². The van der Waals surface area contributed by atoms with Crippen molar-refractivity contribution in [1.82, 2.24) is 10.3 Å². The number of rotatable bonds is 6. The third kappa shape index (κ3) is 4.18. The van der Waals surface area contributed by atoms with Crippen molar-refractivity contribution < 1.29 is 4.79 Å². The maximum atomic E-state index is 12.7. The minimum atomic E-state index is -0.0817. The van der Waals surface area contributed by atoms with Crippen molar-refractivity contribution in [2.45, 2.75) is 25.1 Å². The maximum Gasteiger partial charge on any atom is 0.159 e. The third-order valence-electron chi connectivity index (χ3n) is 5.12. The summed E-state index contributed by atoms with van der Waals surface area (Å²) in [5, 5.41) is 4.61. The standard InChI is InChI=1S/C23H24N2OS/c1-16-6-8-17(9-7-16)18-10-11-24-22(12-18)23(26)15-27-14-19-13-25-21-5-3-2-4-20(19)21/h2-10,13,22,24-25H,11-12,14-15H2,1H3. The average molecular weight is 377 g/mol. The summed E-state index contributed by atoms with van der Waals surface area (Å²) in [6, 6.07) is 16.8. The lowest BCUT2D eigenvalue weighted by molar-refractivity contribution is -0.118. The zero-order valence-electron chi connectivity index (χ0n) is 15.5. The second-order valence-corrected chi connectivity index (χ2v) is 8.06. The Balaban J connectivity index is 1.33. The Kier molecular flexibility index (Phi) is 5.46. The molecule has 3 aromatic rings. The van der Waals surface area contributed by atoms with Crippen molar-refractivity contribution in [3.05, 3.63) is 77.5 Å². The highest BCUT2D eigenvalue weighted by atomic mass is 32.2. The number of carbonyl (C=O) groups is 1. The topological polar surface area (TPSA) is 44.9 Å². The number of thioether (sulfide) groups is 1. The predicted octanol–water partition coefficient (Wildman–Crippen LogP) is 4.72. The summed E-state index contributed by atoms with van der Waals surface area (Å²) in [5.41, 5.74) is 6.18. The van der Waals surface area contributed by atoms with Gasteiger partial charge in [0.1, 0.15) is 0 Å². The SMILES string of the molecule is Cc1ccc(C2=CCNC(C(=O)CSCc3c[nH]c4ccccc34)C2)cc1. The Morgan fingerprint density at radius 3 is 2.81 bits per heavy atom. The van der Waals surface area contributed by atoms with Crippen LogP contribution in [0.5, 0.6) is 0 Å². The zero-order chi connectivity index (χ0) is 18.6. The summed E-state index contributed by atoms with van der Waals surface area (Å²) < 4.78 is 0. The average Bonchev–Trinajstić information content (AvgIpc) is 3.12. The number of nitrogens with one attached hydrogen (secondary N) is 2. The van der Waals surface area contributed by atoms with E-state index >= 15 is 0 Å². The van der Waals surface area contributed by atoms with Gasteiger partial charge in [-0.25, -0.2) is 0 Å². The van der Waals surface area contributed by atoms with E-state index in [-0.39, 0.29) is 11.8 Å². The molecule has 1 aliphatic heterocycles. The maximum absolute atomic E-state index is 12.7. The number of fused-ring (bicyclic) bond motifs is 1. The first-order valence-corrected chi connectivity index (χ1v) is 10.5. The number of aryl methyl sites for hydroxylation is 1. The van der Waals surface area contributed by atoms with Crippen molar-refractivity contribution in [1.29, 1.82) is 0 Å². The van der Waals surface area contributed by atoms with Gasteiger partial charge in [0.15, 0.2) is 5.78 Å². The second kappa shape index (κ2) is 8.15. The molecule has 2 N–H and O–H groups in total. The van der Waals surface area contributed by atoms with Crippen molar-refractivity contribution in [2.24, 2.45) is 0 Å². The predicted molar refractivity (Wildman–Crippen MR) is 115 cm³/mol. The first-order valence-electron chi connectivity index (χ1n) is 9.35. The second-order valence-electron chi connectivity index (χ2n) is 7.08. The fourth-order valence-corrected chi connectivity index (χ4v) is 4.51. The van der Waals surface area contributed by atoms with Crippen LogP contribution in [0.3, 0.4) is 0 Å². The molecule has 0 radical (unpaired) electrons. The number of benzene rings is 2. The molecule has 0 saturated heterocycles. The fraction of sp³-hybridized carbons (Fsp3) is 0.261. The molecule has 0 bridgehead atoms. The highest BCUT2D eigenvalue weighted by Crippen LogP contribution is 2.25. The smallest absolute Gasteiger partial charge is 0.159 e. The molecule has 138 valence electrons. The van der Waals surface area contributed by atoms with Gasteiger partial charge in [-0.3, -0.25) is 4.79 Å². The molecule has 2 heterocycles. The van der Waals surface area contributed by atoms with E-state index in [0.29, 0.717) is 5.75 Å². The molecule has 0 fully saturated rings. The molecule has 1 atom stereocenters. The van der Waals surface area contributed by atoms with E-state index in [2.05, 4.69) is 72.0 Å². The Morgan fingerprint density at radius 2 is 1.96 bits per heavy atom. The van der Waals surface area contributed by atoms with Gasteiger partial charge in [-0.15, -0.1) is 11.8 Å². The lowest BCUT2D eigenvalue weighted by atomic mass is 9.93. The molecule has 2 aromatic carbocycles. The number of carbonyl (C=O) groups excluding carboxylic acids is 1. The van der Waals surface area contributed by atoms with E-state index in [1.165, 1.54) is 27.6 Å². The van der Waals surface area contributed by atoms with Crippen LogP contribution in [0.1, 0.15) is 23.1 Å². The molecule has 1 aliphatic rings. The monoisotopic (exact) mass is 376 g/mol. The van der Waals surface area contributed by atoms with E-state index in [1.54, 1.807) is 11.8 Å². The van der Waals surface area contributed by atoms with Crippen LogP contribution < -0.4 is 5.32 Å². The van der Waals surface area contributed by atoms with Crippen LogP contribution in [0.15, 0.2) is 60.8 Å². The van der Waals surface area contributed by atoms with Gasteiger partial charge in [0.05, 0.1) is 11.8 Å². The third-order valence-corrected chi connectivity index (χ3v) is 6.13. The van der Waals surface area contributed by atoms with Crippen LogP contribution in [-0.2, 0) is 10.5 Å². The number of aromatic nitrogens is 1. The summed E-state index contributed by atoms with van der Waals surface area (Å²) >= 11 is 1.70. The van der Waals surface area contributed by atoms with Crippen molar-refractivity contribution >= 4 is 34.0 Å². The Morgan fingerprint density at radius 1 is 1.15 bits per heavy atom. The largest absolute Gasteiger partial charge is 0.361 e. The lowest BCUT2D eigenvalue weighted by Gasteiger charge is -2.23. The molecule has 4 rings (SSSR count). The Hall–Kier alpha value is -2.30. The zero-order valence-corrected chi connectivity index (χ0v) is 16.3. The van der Waals surface area contributed by atoms with Crippen molar-refractivity contribution in [2.75, 3.05) is 12.3 Å². The quantitative estimate of drug-likeness (QED) is 0.654. The van der Waals surface area contributed by atoms with E-state index in [0.717, 1.165) is 24.2 Å². The Bertz CT molecular complexity index is 971. The van der Waals surface area contributed by atoms with Crippen LogP contribution in [0.4, 0.5) is 0 Å². The van der Waals surface area contributed by atoms with Gasteiger partial charge in [-0.05, 0) is 36.1 Å². The molecule has 0 saturated carbocycles. The van der Waals surface area contributed by atoms with Gasteiger partial charge in [-0.1, -0.05) is 54.1 Å². The number of Topliss-reactive ketones (excluding diaryl/α,β-unsaturated/α-hetero) is 1. The number of aromatic amines is 1. The van der Waals surface area contributed by atoms with Gasteiger partial charge >= 0.3 is 0 Å². The molecule has 27 heavy (non-hydrogen) atoms. The van der Waals surface area contributed by atoms with Crippen LogP contribution in [0.2, 0.25) is 0 Å². The molecular formula is C23H24N2OS. The summed E-state index contributed by atoms with van der Waals surface area (Å²) in [6.07, 6.45) is 5.03. The molecular weight excluding hydrogens is 352 g/mol. The molecule has 1 aromatic heterocycles. The van der Waals surface area contributed by atoms with Gasteiger partial charge in [0.25, 0.3) is 0 Å². The van der Waals surface area contributed by atoms with Crippen LogP contribution in [0.25, 0.3) is 16.5 Å². The summed E-state index contributed by atoms with van der Waals surface area (Å²) in [5.74, 6) is 1.68. The summed E-state index contributed by atoms with van der Waals surface area (Å²) in [4.78, 5) is 16.0. The number of H-pyrrole nitrogens is 1. The highest BCUT2D eigenvalue weighted by Gasteiger charge is 2.22. The number of hydrogen-bond donors (Lipinski definition) is 2. The van der Waals surface area contributed by atoms with Crippen molar-refractivity contribution in [3.8, 4) is 0 Å². The first kappa shape index (κ1) is 18.1.